The van der Waals surface area contributed by atoms with E-state index in [4.69, 9.17) is 0 Å². The van der Waals surface area contributed by atoms with E-state index < -0.39 is 6.04 Å². The van der Waals surface area contributed by atoms with Gasteiger partial charge in [-0.15, -0.1) is 0 Å². The number of nitrogens with one attached hydrogen (secondary N) is 1. The molecule has 1 saturated heterocycles. The van der Waals surface area contributed by atoms with Crippen LogP contribution in [0.15, 0.2) is 24.3 Å². The van der Waals surface area contributed by atoms with E-state index in [1.807, 2.05) is 0 Å². The zero-order valence-corrected chi connectivity index (χ0v) is 13.9. The number of halogens is 1. The van der Waals surface area contributed by atoms with Crippen LogP contribution < -0.4 is 5.32 Å². The fourth-order valence-corrected chi connectivity index (χ4v) is 2.80. The Morgan fingerprint density at radius 1 is 1.21 bits per heavy atom. The van der Waals surface area contributed by atoms with Crippen LogP contribution in [0.4, 0.5) is 4.39 Å². The Bertz CT molecular complexity index is 618. The van der Waals surface area contributed by atoms with Crippen molar-refractivity contribution in [1.82, 2.24) is 15.1 Å². The third-order valence-corrected chi connectivity index (χ3v) is 4.24. The largest absolute Gasteiger partial charge is 0.357 e. The van der Waals surface area contributed by atoms with Gasteiger partial charge in [-0.2, -0.15) is 0 Å². The van der Waals surface area contributed by atoms with E-state index in [-0.39, 0.29) is 36.5 Å². The van der Waals surface area contributed by atoms with E-state index in [2.05, 4.69) is 5.32 Å². The number of carbonyl (C=O) groups excluding carboxylic acids is 3. The van der Waals surface area contributed by atoms with E-state index in [0.29, 0.717) is 19.5 Å². The van der Waals surface area contributed by atoms with E-state index in [0.717, 1.165) is 5.56 Å². The Morgan fingerprint density at radius 2 is 1.88 bits per heavy atom. The van der Waals surface area contributed by atoms with Crippen LogP contribution in [0.3, 0.4) is 0 Å². The quantitative estimate of drug-likeness (QED) is 0.874. The van der Waals surface area contributed by atoms with Crippen LogP contribution in [0.25, 0.3) is 0 Å². The number of benzene rings is 1. The van der Waals surface area contributed by atoms with Crippen molar-refractivity contribution in [2.24, 2.45) is 0 Å². The highest BCUT2D eigenvalue weighted by Crippen LogP contribution is 2.14. The monoisotopic (exact) mass is 335 g/mol. The highest BCUT2D eigenvalue weighted by atomic mass is 19.1. The van der Waals surface area contributed by atoms with Gasteiger partial charge in [-0.05, 0) is 24.1 Å². The molecule has 0 aromatic heterocycles. The molecule has 1 aromatic carbocycles. The van der Waals surface area contributed by atoms with Crippen molar-refractivity contribution in [3.63, 3.8) is 0 Å². The van der Waals surface area contributed by atoms with Crippen molar-refractivity contribution >= 4 is 17.7 Å². The Kier molecular flexibility index (Phi) is 5.89. The molecule has 0 radical (unpaired) electrons. The molecular weight excluding hydrogens is 313 g/mol. The van der Waals surface area contributed by atoms with Gasteiger partial charge in [0, 0.05) is 33.5 Å². The molecule has 6 nitrogen and oxygen atoms in total. The molecule has 1 N–H and O–H groups in total. The van der Waals surface area contributed by atoms with Crippen molar-refractivity contribution in [2.75, 3.05) is 26.7 Å². The average molecular weight is 335 g/mol. The fourth-order valence-electron chi connectivity index (χ4n) is 2.80. The molecule has 1 atom stereocenters. The second kappa shape index (κ2) is 7.90. The lowest BCUT2D eigenvalue weighted by atomic mass is 10.1. The minimum atomic E-state index is -0.673. The predicted octanol–water partition coefficient (Wildman–Crippen LogP) is 0.564. The molecule has 0 saturated carbocycles. The van der Waals surface area contributed by atoms with Gasteiger partial charge in [0.1, 0.15) is 11.9 Å². The van der Waals surface area contributed by atoms with Gasteiger partial charge in [0.25, 0.3) is 0 Å². The molecule has 2 rings (SSSR count). The maximum Gasteiger partial charge on any atom is 0.244 e. The molecule has 1 aromatic rings. The molecular formula is C17H22FN3O3. The van der Waals surface area contributed by atoms with Crippen molar-refractivity contribution in [2.45, 2.75) is 25.8 Å². The lowest BCUT2D eigenvalue weighted by molar-refractivity contribution is -0.147. The number of aryl methyl sites for hydroxylation is 1. The summed E-state index contributed by atoms with van der Waals surface area (Å²) >= 11 is 0. The normalized spacial score (nSPS) is 17.5. The summed E-state index contributed by atoms with van der Waals surface area (Å²) in [6, 6.07) is 5.34. The Morgan fingerprint density at radius 3 is 2.46 bits per heavy atom. The Labute approximate surface area is 140 Å². The first-order valence-electron chi connectivity index (χ1n) is 7.93. The Balaban J connectivity index is 2.01. The molecule has 0 spiro atoms. The highest BCUT2D eigenvalue weighted by Gasteiger charge is 2.35. The van der Waals surface area contributed by atoms with Crippen molar-refractivity contribution in [1.29, 1.82) is 0 Å². The number of carbonyl (C=O) groups is 3. The molecule has 0 aliphatic carbocycles. The number of hydrogen-bond acceptors (Lipinski definition) is 3. The summed E-state index contributed by atoms with van der Waals surface area (Å²) in [6.45, 7) is 2.41. The van der Waals surface area contributed by atoms with E-state index in [1.54, 1.807) is 17.0 Å². The summed E-state index contributed by atoms with van der Waals surface area (Å²) in [5.41, 5.74) is 0.864. The fraction of sp³-hybridized carbons (Fsp3) is 0.471. The second-order valence-electron chi connectivity index (χ2n) is 5.81. The molecule has 1 heterocycles. The zero-order chi connectivity index (χ0) is 17.7. The van der Waals surface area contributed by atoms with Gasteiger partial charge in [0.2, 0.25) is 17.7 Å². The maximum atomic E-state index is 12.9. The highest BCUT2D eigenvalue weighted by molar-refractivity contribution is 5.89. The molecule has 1 aliphatic rings. The van der Waals surface area contributed by atoms with Crippen molar-refractivity contribution < 1.29 is 18.8 Å². The number of likely N-dealkylation sites (N-methyl/N-ethyl adjacent to an activating group) is 1. The second-order valence-corrected chi connectivity index (χ2v) is 5.81. The van der Waals surface area contributed by atoms with Gasteiger partial charge in [-0.1, -0.05) is 12.1 Å². The van der Waals surface area contributed by atoms with Crippen molar-refractivity contribution in [3.05, 3.63) is 35.6 Å². The lowest BCUT2D eigenvalue weighted by Crippen LogP contribution is -2.61. The first-order chi connectivity index (χ1) is 11.4. The van der Waals surface area contributed by atoms with Gasteiger partial charge in [0.15, 0.2) is 0 Å². The molecule has 7 heteroatoms. The van der Waals surface area contributed by atoms with Crippen molar-refractivity contribution in [3.8, 4) is 0 Å². The van der Waals surface area contributed by atoms with E-state index in [9.17, 15) is 18.8 Å². The standard InChI is InChI=1S/C17H22FN3O3/c1-12(22)20-9-10-21(15(11-20)17(24)19-2)16(23)8-5-13-3-6-14(18)7-4-13/h3-4,6-7,15H,5,8-11H2,1-2H3,(H,19,24). The van der Waals surface area contributed by atoms with Crippen LogP contribution in [0.5, 0.6) is 0 Å². The molecule has 1 unspecified atom stereocenters. The summed E-state index contributed by atoms with van der Waals surface area (Å²) in [6.07, 6.45) is 0.714. The van der Waals surface area contributed by atoms with Gasteiger partial charge >= 0.3 is 0 Å². The lowest BCUT2D eigenvalue weighted by Gasteiger charge is -2.40. The Hall–Kier alpha value is -2.44. The van der Waals surface area contributed by atoms with Gasteiger partial charge in [-0.25, -0.2) is 4.39 Å². The van der Waals surface area contributed by atoms with Crippen LogP contribution in [0.1, 0.15) is 18.9 Å². The molecule has 1 fully saturated rings. The van der Waals surface area contributed by atoms with Crippen LogP contribution in [-0.4, -0.2) is 60.2 Å². The summed E-state index contributed by atoms with van der Waals surface area (Å²) in [4.78, 5) is 39.2. The molecule has 3 amide bonds. The minimum absolute atomic E-state index is 0.109. The third kappa shape index (κ3) is 4.31. The van der Waals surface area contributed by atoms with E-state index in [1.165, 1.54) is 31.0 Å². The first kappa shape index (κ1) is 17.9. The number of hydrogen-bond donors (Lipinski definition) is 1. The van der Waals surface area contributed by atoms with Crippen LogP contribution in [0.2, 0.25) is 0 Å². The third-order valence-electron chi connectivity index (χ3n) is 4.24. The van der Waals surface area contributed by atoms with Crippen LogP contribution in [-0.2, 0) is 20.8 Å². The van der Waals surface area contributed by atoms with Crippen LogP contribution >= 0.6 is 0 Å². The van der Waals surface area contributed by atoms with Gasteiger partial charge in [0.05, 0.1) is 6.54 Å². The first-order valence-corrected chi connectivity index (χ1v) is 7.93. The van der Waals surface area contributed by atoms with Crippen LogP contribution in [0, 0.1) is 5.82 Å². The topological polar surface area (TPSA) is 69.7 Å². The van der Waals surface area contributed by atoms with Gasteiger partial charge in [-0.3, -0.25) is 14.4 Å². The molecule has 130 valence electrons. The summed E-state index contributed by atoms with van der Waals surface area (Å²) in [5.74, 6) is -0.848. The molecule has 24 heavy (non-hydrogen) atoms. The molecule has 0 bridgehead atoms. The smallest absolute Gasteiger partial charge is 0.244 e. The minimum Gasteiger partial charge on any atom is -0.357 e. The maximum absolute atomic E-state index is 12.9. The SMILES string of the molecule is CNC(=O)C1CN(C(C)=O)CCN1C(=O)CCc1ccc(F)cc1. The number of piperazine rings is 1. The predicted molar refractivity (Wildman–Crippen MR) is 86.5 cm³/mol. The number of amides is 3. The number of nitrogens with zero attached hydrogens (tertiary/aromatic N) is 2. The summed E-state index contributed by atoms with van der Waals surface area (Å²) in [7, 11) is 1.51. The van der Waals surface area contributed by atoms with E-state index >= 15 is 0 Å². The van der Waals surface area contributed by atoms with Gasteiger partial charge < -0.3 is 15.1 Å². The average Bonchev–Trinajstić information content (AvgIpc) is 2.59. The number of rotatable bonds is 4. The zero-order valence-electron chi connectivity index (χ0n) is 13.9. The molecule has 1 aliphatic heterocycles. The summed E-state index contributed by atoms with van der Waals surface area (Å²) < 4.78 is 12.9. The summed E-state index contributed by atoms with van der Waals surface area (Å²) in [5, 5.41) is 2.55.